The molecule has 0 aliphatic rings. The Morgan fingerprint density at radius 3 is 1.73 bits per heavy atom. The maximum absolute atomic E-state index is 10.2. The summed E-state index contributed by atoms with van der Waals surface area (Å²) in [4.78, 5) is 0. The molecule has 1 aromatic rings. The summed E-state index contributed by atoms with van der Waals surface area (Å²) in [6.45, 7) is 8.63. The summed E-state index contributed by atoms with van der Waals surface area (Å²) in [7, 11) is 0. The predicted molar refractivity (Wildman–Crippen MR) is 65.5 cm³/mol. The van der Waals surface area contributed by atoms with Crippen molar-refractivity contribution in [1.29, 1.82) is 0 Å². The number of para-hydroxylation sites is 1. The van der Waals surface area contributed by atoms with Gasteiger partial charge in [0.1, 0.15) is 5.75 Å². The lowest BCUT2D eigenvalue weighted by molar-refractivity contribution is 0.449. The zero-order valence-electron chi connectivity index (χ0n) is 10.2. The monoisotopic (exact) mass is 206 g/mol. The van der Waals surface area contributed by atoms with E-state index in [1.54, 1.807) is 0 Å². The summed E-state index contributed by atoms with van der Waals surface area (Å²) in [5.74, 6) is 1.39. The second-order valence-corrected chi connectivity index (χ2v) is 4.40. The van der Waals surface area contributed by atoms with Gasteiger partial charge in [-0.2, -0.15) is 0 Å². The van der Waals surface area contributed by atoms with Crippen LogP contribution in [0.1, 0.15) is 63.5 Å². The van der Waals surface area contributed by atoms with E-state index in [1.807, 2.05) is 12.1 Å². The Morgan fingerprint density at radius 2 is 1.40 bits per heavy atom. The van der Waals surface area contributed by atoms with E-state index >= 15 is 0 Å². The molecule has 0 aromatic heterocycles. The fourth-order valence-electron chi connectivity index (χ4n) is 1.82. The average Bonchev–Trinajstić information content (AvgIpc) is 2.27. The minimum Gasteiger partial charge on any atom is -0.507 e. The molecule has 0 fully saturated rings. The molecule has 0 saturated carbocycles. The van der Waals surface area contributed by atoms with E-state index in [4.69, 9.17) is 0 Å². The van der Waals surface area contributed by atoms with Crippen molar-refractivity contribution in [2.24, 2.45) is 0 Å². The standard InChI is InChI=1S/C14H22O/c1-5-10(3)12-8-7-9-13(14(12)15)11(4)6-2/h7-11,15H,5-6H2,1-4H3/t10-,11-/m1/s1. The lowest BCUT2D eigenvalue weighted by atomic mass is 9.90. The van der Waals surface area contributed by atoms with Crippen LogP contribution in [-0.4, -0.2) is 5.11 Å². The Hall–Kier alpha value is -0.980. The van der Waals surface area contributed by atoms with Crippen molar-refractivity contribution in [3.05, 3.63) is 29.3 Å². The van der Waals surface area contributed by atoms with Gasteiger partial charge in [-0.15, -0.1) is 0 Å². The van der Waals surface area contributed by atoms with Crippen molar-refractivity contribution in [3.63, 3.8) is 0 Å². The van der Waals surface area contributed by atoms with Crippen LogP contribution in [0, 0.1) is 0 Å². The van der Waals surface area contributed by atoms with Crippen LogP contribution < -0.4 is 0 Å². The lowest BCUT2D eigenvalue weighted by Gasteiger charge is -2.17. The Kier molecular flexibility index (Phi) is 4.19. The van der Waals surface area contributed by atoms with Crippen molar-refractivity contribution in [3.8, 4) is 5.75 Å². The van der Waals surface area contributed by atoms with Crippen molar-refractivity contribution in [2.45, 2.75) is 52.4 Å². The number of aromatic hydroxyl groups is 1. The van der Waals surface area contributed by atoms with Gasteiger partial charge in [0, 0.05) is 0 Å². The predicted octanol–water partition coefficient (Wildman–Crippen LogP) is 4.42. The minimum atomic E-state index is 0.439. The molecule has 0 heterocycles. The SMILES string of the molecule is CC[C@@H](C)c1cccc([C@H](C)CC)c1O. The second kappa shape index (κ2) is 5.20. The molecule has 0 spiro atoms. The summed E-state index contributed by atoms with van der Waals surface area (Å²) < 4.78 is 0. The van der Waals surface area contributed by atoms with Gasteiger partial charge in [0.15, 0.2) is 0 Å². The molecule has 0 aliphatic carbocycles. The van der Waals surface area contributed by atoms with Crippen LogP contribution in [0.15, 0.2) is 18.2 Å². The van der Waals surface area contributed by atoms with Gasteiger partial charge in [-0.3, -0.25) is 0 Å². The van der Waals surface area contributed by atoms with E-state index in [-0.39, 0.29) is 0 Å². The van der Waals surface area contributed by atoms with Crippen LogP contribution in [0.5, 0.6) is 5.75 Å². The average molecular weight is 206 g/mol. The van der Waals surface area contributed by atoms with Crippen molar-refractivity contribution in [1.82, 2.24) is 0 Å². The summed E-state index contributed by atoms with van der Waals surface area (Å²) >= 11 is 0. The zero-order valence-corrected chi connectivity index (χ0v) is 10.2. The van der Waals surface area contributed by atoms with Crippen LogP contribution in [0.4, 0.5) is 0 Å². The molecule has 84 valence electrons. The van der Waals surface area contributed by atoms with Crippen LogP contribution in [0.2, 0.25) is 0 Å². The van der Waals surface area contributed by atoms with Crippen molar-refractivity contribution >= 4 is 0 Å². The molecule has 1 rings (SSSR count). The number of benzene rings is 1. The molecule has 1 heteroatoms. The Labute approximate surface area is 93.1 Å². The first-order chi connectivity index (χ1) is 7.11. The van der Waals surface area contributed by atoms with Gasteiger partial charge < -0.3 is 5.11 Å². The first-order valence-corrected chi connectivity index (χ1v) is 5.93. The molecule has 0 saturated heterocycles. The van der Waals surface area contributed by atoms with Crippen molar-refractivity contribution in [2.75, 3.05) is 0 Å². The fraction of sp³-hybridized carbons (Fsp3) is 0.571. The summed E-state index contributed by atoms with van der Waals surface area (Å²) in [6, 6.07) is 6.13. The van der Waals surface area contributed by atoms with E-state index in [9.17, 15) is 5.11 Å². The number of phenolic OH excluding ortho intramolecular Hbond substituents is 1. The summed E-state index contributed by atoms with van der Waals surface area (Å²) in [5.41, 5.74) is 2.19. The van der Waals surface area contributed by atoms with Gasteiger partial charge in [0.25, 0.3) is 0 Å². The number of hydrogen-bond acceptors (Lipinski definition) is 1. The molecule has 2 atom stereocenters. The van der Waals surface area contributed by atoms with E-state index in [2.05, 4.69) is 33.8 Å². The maximum atomic E-state index is 10.2. The Morgan fingerprint density at radius 1 is 1.00 bits per heavy atom. The first kappa shape index (κ1) is 12.1. The van der Waals surface area contributed by atoms with E-state index in [0.29, 0.717) is 17.6 Å². The highest BCUT2D eigenvalue weighted by Gasteiger charge is 2.14. The third kappa shape index (κ3) is 2.53. The van der Waals surface area contributed by atoms with Crippen LogP contribution in [-0.2, 0) is 0 Å². The fourth-order valence-corrected chi connectivity index (χ4v) is 1.82. The molecule has 0 aliphatic heterocycles. The molecule has 1 aromatic carbocycles. The molecule has 15 heavy (non-hydrogen) atoms. The molecule has 0 amide bonds. The van der Waals surface area contributed by atoms with Gasteiger partial charge in [0.2, 0.25) is 0 Å². The molecular weight excluding hydrogens is 184 g/mol. The van der Waals surface area contributed by atoms with Crippen LogP contribution in [0.3, 0.4) is 0 Å². The smallest absolute Gasteiger partial charge is 0.122 e. The Bertz CT molecular complexity index is 289. The highest BCUT2D eigenvalue weighted by molar-refractivity contribution is 5.43. The maximum Gasteiger partial charge on any atom is 0.122 e. The van der Waals surface area contributed by atoms with E-state index < -0.39 is 0 Å². The quantitative estimate of drug-likeness (QED) is 0.773. The third-order valence-corrected chi connectivity index (χ3v) is 3.39. The second-order valence-electron chi connectivity index (χ2n) is 4.40. The van der Waals surface area contributed by atoms with Gasteiger partial charge in [-0.25, -0.2) is 0 Å². The molecular formula is C14H22O. The first-order valence-electron chi connectivity index (χ1n) is 5.93. The summed E-state index contributed by atoms with van der Waals surface area (Å²) in [6.07, 6.45) is 2.13. The normalized spacial score (nSPS) is 14.9. The molecule has 1 N–H and O–H groups in total. The Balaban J connectivity index is 3.11. The largest absolute Gasteiger partial charge is 0.507 e. The highest BCUT2D eigenvalue weighted by atomic mass is 16.3. The van der Waals surface area contributed by atoms with Gasteiger partial charge in [-0.1, -0.05) is 45.9 Å². The number of phenols is 1. The molecule has 0 unspecified atom stereocenters. The third-order valence-electron chi connectivity index (χ3n) is 3.39. The van der Waals surface area contributed by atoms with Crippen molar-refractivity contribution < 1.29 is 5.11 Å². The van der Waals surface area contributed by atoms with Crippen LogP contribution in [0.25, 0.3) is 0 Å². The van der Waals surface area contributed by atoms with Gasteiger partial charge in [0.05, 0.1) is 0 Å². The molecule has 0 radical (unpaired) electrons. The van der Waals surface area contributed by atoms with Gasteiger partial charge >= 0.3 is 0 Å². The zero-order chi connectivity index (χ0) is 11.4. The van der Waals surface area contributed by atoms with Crippen LogP contribution >= 0.6 is 0 Å². The summed E-state index contributed by atoms with van der Waals surface area (Å²) in [5, 5.41) is 10.2. The lowest BCUT2D eigenvalue weighted by Crippen LogP contribution is -1.98. The number of hydrogen-bond donors (Lipinski definition) is 1. The molecule has 1 nitrogen and oxygen atoms in total. The number of rotatable bonds is 4. The van der Waals surface area contributed by atoms with Gasteiger partial charge in [-0.05, 0) is 35.8 Å². The topological polar surface area (TPSA) is 20.2 Å². The van der Waals surface area contributed by atoms with E-state index in [0.717, 1.165) is 24.0 Å². The van der Waals surface area contributed by atoms with E-state index in [1.165, 1.54) is 0 Å². The highest BCUT2D eigenvalue weighted by Crippen LogP contribution is 2.35. The molecule has 0 bridgehead atoms. The minimum absolute atomic E-state index is 0.439.